The van der Waals surface area contributed by atoms with Gasteiger partial charge in [-0.25, -0.2) is 4.98 Å². The van der Waals surface area contributed by atoms with E-state index >= 15 is 0 Å². The van der Waals surface area contributed by atoms with Gasteiger partial charge >= 0.3 is 0 Å². The van der Waals surface area contributed by atoms with Crippen LogP contribution in [0.1, 0.15) is 18.2 Å². The van der Waals surface area contributed by atoms with Gasteiger partial charge in [0.1, 0.15) is 5.84 Å². The van der Waals surface area contributed by atoms with E-state index in [4.69, 9.17) is 22.4 Å². The zero-order valence-corrected chi connectivity index (χ0v) is 15.0. The Morgan fingerprint density at radius 2 is 2.16 bits per heavy atom. The smallest absolute Gasteiger partial charge is 0.109 e. The Labute approximate surface area is 152 Å². The van der Waals surface area contributed by atoms with Crippen LogP contribution in [0.3, 0.4) is 0 Å². The summed E-state index contributed by atoms with van der Waals surface area (Å²) in [4.78, 5) is 10.6. The van der Waals surface area contributed by atoms with Gasteiger partial charge < -0.3 is 10.3 Å². The summed E-state index contributed by atoms with van der Waals surface area (Å²) in [6, 6.07) is 5.87. The van der Waals surface area contributed by atoms with Gasteiger partial charge in [-0.15, -0.1) is 0 Å². The number of amidine groups is 1. The fourth-order valence-corrected chi connectivity index (χ4v) is 3.27. The number of hydrogen-bond acceptors (Lipinski definition) is 4. The van der Waals surface area contributed by atoms with Crippen molar-refractivity contribution in [2.24, 2.45) is 5.92 Å². The van der Waals surface area contributed by atoms with Crippen molar-refractivity contribution < 1.29 is 0 Å². The monoisotopic (exact) mass is 353 g/mol. The molecule has 0 saturated heterocycles. The maximum Gasteiger partial charge on any atom is 0.109 e. The molecule has 5 nitrogen and oxygen atoms in total. The van der Waals surface area contributed by atoms with Crippen LogP contribution in [0, 0.1) is 23.7 Å². The molecule has 1 aromatic heterocycles. The quantitative estimate of drug-likeness (QED) is 0.813. The first-order valence-corrected chi connectivity index (χ1v) is 8.55. The summed E-state index contributed by atoms with van der Waals surface area (Å²) in [5, 5.41) is 16.4. The van der Waals surface area contributed by atoms with Crippen molar-refractivity contribution in [2.45, 2.75) is 13.8 Å². The van der Waals surface area contributed by atoms with Crippen LogP contribution in [0.25, 0.3) is 16.8 Å². The molecule has 1 aromatic carbocycles. The number of hydrogen-bond donors (Lipinski definition) is 2. The maximum atomic E-state index is 8.16. The van der Waals surface area contributed by atoms with E-state index in [0.717, 1.165) is 34.6 Å². The summed E-state index contributed by atoms with van der Waals surface area (Å²) in [7, 11) is 0. The Balaban J connectivity index is 1.98. The van der Waals surface area contributed by atoms with Gasteiger partial charge in [0.25, 0.3) is 0 Å². The van der Waals surface area contributed by atoms with E-state index in [9.17, 15) is 0 Å². The van der Waals surface area contributed by atoms with Crippen LogP contribution in [-0.4, -0.2) is 40.0 Å². The average molecular weight is 354 g/mol. The number of nitrogens with zero attached hydrogens (tertiary/aromatic N) is 3. The first-order chi connectivity index (χ1) is 12.0. The molecule has 0 amide bonds. The fraction of sp³-hybridized carbons (Fsp3) is 0.263. The number of halogens is 1. The molecule has 2 heterocycles. The lowest BCUT2D eigenvalue weighted by atomic mass is 9.93. The highest BCUT2D eigenvalue weighted by Crippen LogP contribution is 2.32. The van der Waals surface area contributed by atoms with E-state index in [0.29, 0.717) is 17.4 Å². The molecule has 2 N–H and O–H groups in total. The fourth-order valence-electron chi connectivity index (χ4n) is 2.97. The minimum absolute atomic E-state index is 0.304. The first-order valence-electron chi connectivity index (χ1n) is 8.17. The van der Waals surface area contributed by atoms with Gasteiger partial charge in [-0.1, -0.05) is 29.8 Å². The van der Waals surface area contributed by atoms with Gasteiger partial charge in [-0.3, -0.25) is 10.4 Å². The van der Waals surface area contributed by atoms with E-state index < -0.39 is 0 Å². The molecular formula is C19H20ClN5. The number of aromatic nitrogens is 2. The third-order valence-electron chi connectivity index (χ3n) is 4.33. The summed E-state index contributed by atoms with van der Waals surface area (Å²) >= 11 is 6.55. The minimum atomic E-state index is -0.304. The third kappa shape index (κ3) is 3.46. The summed E-state index contributed by atoms with van der Waals surface area (Å²) in [5.74, 6) is 0.158. The summed E-state index contributed by atoms with van der Waals surface area (Å²) in [6.07, 6.45) is 6.70. The van der Waals surface area contributed by atoms with E-state index in [-0.39, 0.29) is 5.92 Å². The molecule has 25 heavy (non-hydrogen) atoms. The summed E-state index contributed by atoms with van der Waals surface area (Å²) < 4.78 is 0. The average Bonchev–Trinajstić information content (AvgIpc) is 2.62. The van der Waals surface area contributed by atoms with E-state index in [2.05, 4.69) is 9.97 Å². The lowest BCUT2D eigenvalue weighted by Gasteiger charge is -2.32. The van der Waals surface area contributed by atoms with Gasteiger partial charge in [0.05, 0.1) is 23.5 Å². The second-order valence-corrected chi connectivity index (χ2v) is 6.43. The molecule has 1 atom stereocenters. The molecular weight excluding hydrogens is 334 g/mol. The molecule has 1 aliphatic rings. The van der Waals surface area contributed by atoms with Gasteiger partial charge in [-0.2, -0.15) is 0 Å². The van der Waals surface area contributed by atoms with E-state index in [1.165, 1.54) is 6.21 Å². The van der Waals surface area contributed by atoms with Crippen molar-refractivity contribution in [1.82, 2.24) is 14.9 Å². The second-order valence-electron chi connectivity index (χ2n) is 6.02. The summed E-state index contributed by atoms with van der Waals surface area (Å²) in [5.41, 5.74) is 4.55. The topological polar surface area (TPSA) is 76.7 Å². The van der Waals surface area contributed by atoms with Gasteiger partial charge in [0.15, 0.2) is 0 Å². The van der Waals surface area contributed by atoms with Crippen LogP contribution < -0.4 is 0 Å². The van der Waals surface area contributed by atoms with Crippen molar-refractivity contribution in [1.29, 1.82) is 10.8 Å². The Morgan fingerprint density at radius 1 is 1.36 bits per heavy atom. The first kappa shape index (κ1) is 17.3. The standard InChI is InChI=1S/C19H20ClN5/c1-3-25-11-15(6-14(8-21)19(25)22)16-5-4-13(7-17(16)20)18-10-23-9-12(2)24-18/h4-10,14,21-22H,3,11H2,1-2H3. The van der Waals surface area contributed by atoms with Crippen molar-refractivity contribution in [2.75, 3.05) is 13.1 Å². The molecule has 0 spiro atoms. The van der Waals surface area contributed by atoms with E-state index in [1.54, 1.807) is 12.4 Å². The highest BCUT2D eigenvalue weighted by atomic mass is 35.5. The number of benzene rings is 1. The predicted molar refractivity (Wildman–Crippen MR) is 102 cm³/mol. The molecule has 0 bridgehead atoms. The largest absolute Gasteiger partial charge is 0.356 e. The molecule has 0 radical (unpaired) electrons. The van der Waals surface area contributed by atoms with Crippen LogP contribution in [0.4, 0.5) is 0 Å². The minimum Gasteiger partial charge on any atom is -0.356 e. The van der Waals surface area contributed by atoms with Crippen LogP contribution >= 0.6 is 11.6 Å². The predicted octanol–water partition coefficient (Wildman–Crippen LogP) is 4.07. The Kier molecular flexibility index (Phi) is 4.95. The lowest BCUT2D eigenvalue weighted by Crippen LogP contribution is -2.40. The normalized spacial score (nSPS) is 17.4. The SMILES string of the molecule is CCN1CC(c2ccc(-c3cncc(C)n3)cc2Cl)=CC(C=N)C1=N. The van der Waals surface area contributed by atoms with Crippen molar-refractivity contribution in [3.05, 3.63) is 52.9 Å². The molecule has 0 fully saturated rings. The highest BCUT2D eigenvalue weighted by molar-refractivity contribution is 6.32. The van der Waals surface area contributed by atoms with Crippen LogP contribution in [0.15, 0.2) is 36.7 Å². The Morgan fingerprint density at radius 3 is 2.80 bits per heavy atom. The van der Waals surface area contributed by atoms with Crippen molar-refractivity contribution in [3.8, 4) is 11.3 Å². The lowest BCUT2D eigenvalue weighted by molar-refractivity contribution is 0.469. The van der Waals surface area contributed by atoms with Crippen molar-refractivity contribution in [3.63, 3.8) is 0 Å². The Bertz CT molecular complexity index is 859. The number of likely N-dealkylation sites (N-methyl/N-ethyl adjacent to an activating group) is 1. The number of nitrogens with one attached hydrogen (secondary N) is 2. The number of aryl methyl sites for hydroxylation is 1. The van der Waals surface area contributed by atoms with Crippen LogP contribution in [0.5, 0.6) is 0 Å². The Hall–Kier alpha value is -2.53. The molecule has 2 aromatic rings. The van der Waals surface area contributed by atoms with Crippen LogP contribution in [-0.2, 0) is 0 Å². The molecule has 6 heteroatoms. The van der Waals surface area contributed by atoms with Gasteiger partial charge in [0.2, 0.25) is 0 Å². The molecule has 0 saturated carbocycles. The third-order valence-corrected chi connectivity index (χ3v) is 4.64. The molecule has 1 aliphatic heterocycles. The van der Waals surface area contributed by atoms with Gasteiger partial charge in [0, 0.05) is 36.1 Å². The molecule has 3 rings (SSSR count). The maximum absolute atomic E-state index is 8.16. The molecule has 128 valence electrons. The van der Waals surface area contributed by atoms with Crippen molar-refractivity contribution >= 4 is 29.2 Å². The second kappa shape index (κ2) is 7.15. The molecule has 1 unspecified atom stereocenters. The van der Waals surface area contributed by atoms with E-state index in [1.807, 2.05) is 43.0 Å². The zero-order chi connectivity index (χ0) is 18.0. The van der Waals surface area contributed by atoms with Gasteiger partial charge in [-0.05, 0) is 31.1 Å². The zero-order valence-electron chi connectivity index (χ0n) is 14.3. The summed E-state index contributed by atoms with van der Waals surface area (Å²) in [6.45, 7) is 5.28. The van der Waals surface area contributed by atoms with Crippen LogP contribution in [0.2, 0.25) is 5.02 Å². The highest BCUT2D eigenvalue weighted by Gasteiger charge is 2.24. The molecule has 0 aliphatic carbocycles. The number of rotatable bonds is 4.